The highest BCUT2D eigenvalue weighted by Crippen LogP contribution is 2.28. The lowest BCUT2D eigenvalue weighted by Gasteiger charge is -2.33. The maximum atomic E-state index is 11.6. The van der Waals surface area contributed by atoms with Crippen LogP contribution in [0.25, 0.3) is 11.5 Å². The van der Waals surface area contributed by atoms with Crippen molar-refractivity contribution < 1.29 is 4.79 Å². The molecule has 1 aliphatic heterocycles. The molecule has 0 aromatic carbocycles. The van der Waals surface area contributed by atoms with Crippen molar-refractivity contribution in [1.82, 2.24) is 19.9 Å². The van der Waals surface area contributed by atoms with Crippen LogP contribution in [0.4, 0.5) is 0 Å². The molecule has 102 valence electrons. The van der Waals surface area contributed by atoms with E-state index in [1.807, 2.05) is 36.2 Å². The second-order valence-corrected chi connectivity index (χ2v) is 4.95. The van der Waals surface area contributed by atoms with Crippen LogP contribution >= 0.6 is 0 Å². The van der Waals surface area contributed by atoms with Crippen LogP contribution in [0.2, 0.25) is 0 Å². The standard InChI is InChI=1S/C15H16N4O/c1-10-12-9-17-15(14-5-3-4-7-16-14)18-13(12)6-8-19(10)11(2)20/h3-5,7,9-10H,6,8H2,1-2H3. The number of aromatic nitrogens is 3. The van der Waals surface area contributed by atoms with Crippen molar-refractivity contribution in [3.05, 3.63) is 41.9 Å². The molecule has 1 aliphatic rings. The molecule has 3 heterocycles. The van der Waals surface area contributed by atoms with E-state index < -0.39 is 0 Å². The lowest BCUT2D eigenvalue weighted by Crippen LogP contribution is -2.37. The third-order valence-electron chi connectivity index (χ3n) is 3.71. The van der Waals surface area contributed by atoms with Crippen molar-refractivity contribution >= 4 is 5.91 Å². The first-order chi connectivity index (χ1) is 9.66. The summed E-state index contributed by atoms with van der Waals surface area (Å²) in [5.41, 5.74) is 2.83. The molecule has 2 aromatic rings. The van der Waals surface area contributed by atoms with Gasteiger partial charge in [-0.1, -0.05) is 6.07 Å². The Morgan fingerprint density at radius 3 is 2.90 bits per heavy atom. The van der Waals surface area contributed by atoms with Crippen LogP contribution in [-0.4, -0.2) is 32.3 Å². The van der Waals surface area contributed by atoms with E-state index in [1.54, 1.807) is 13.1 Å². The van der Waals surface area contributed by atoms with Crippen molar-refractivity contribution in [3.8, 4) is 11.5 Å². The Bertz CT molecular complexity index is 642. The van der Waals surface area contributed by atoms with Crippen molar-refractivity contribution in [2.75, 3.05) is 6.54 Å². The molecular formula is C15H16N4O. The fraction of sp³-hybridized carbons (Fsp3) is 0.333. The highest BCUT2D eigenvalue weighted by Gasteiger charge is 2.27. The second-order valence-electron chi connectivity index (χ2n) is 4.95. The molecule has 0 radical (unpaired) electrons. The molecule has 1 atom stereocenters. The summed E-state index contributed by atoms with van der Waals surface area (Å²) in [6, 6.07) is 5.73. The summed E-state index contributed by atoms with van der Waals surface area (Å²) in [7, 11) is 0. The topological polar surface area (TPSA) is 59.0 Å². The molecule has 2 aromatic heterocycles. The predicted octanol–water partition coefficient (Wildman–Crippen LogP) is 2.00. The van der Waals surface area contributed by atoms with Crippen LogP contribution in [0.5, 0.6) is 0 Å². The van der Waals surface area contributed by atoms with Crippen LogP contribution in [0.1, 0.15) is 31.1 Å². The SMILES string of the molecule is CC(=O)N1CCc2nc(-c3ccccn3)ncc2C1C. The molecule has 0 fully saturated rings. The van der Waals surface area contributed by atoms with Gasteiger partial charge in [0.05, 0.1) is 11.7 Å². The molecule has 0 bridgehead atoms. The molecule has 0 saturated heterocycles. The maximum absolute atomic E-state index is 11.6. The molecule has 5 heteroatoms. The summed E-state index contributed by atoms with van der Waals surface area (Å²) in [6.45, 7) is 4.33. The van der Waals surface area contributed by atoms with E-state index in [9.17, 15) is 4.79 Å². The molecule has 0 spiro atoms. The fourth-order valence-electron chi connectivity index (χ4n) is 2.61. The van der Waals surface area contributed by atoms with Crippen molar-refractivity contribution in [2.45, 2.75) is 26.3 Å². The maximum Gasteiger partial charge on any atom is 0.219 e. The average molecular weight is 268 g/mol. The van der Waals surface area contributed by atoms with Gasteiger partial charge in [0.1, 0.15) is 5.69 Å². The van der Waals surface area contributed by atoms with Gasteiger partial charge in [0.25, 0.3) is 0 Å². The Morgan fingerprint density at radius 2 is 2.20 bits per heavy atom. The molecule has 1 amide bonds. The number of hydrogen-bond donors (Lipinski definition) is 0. The van der Waals surface area contributed by atoms with Gasteiger partial charge < -0.3 is 4.90 Å². The third kappa shape index (κ3) is 2.15. The van der Waals surface area contributed by atoms with Crippen molar-refractivity contribution in [2.24, 2.45) is 0 Å². The van der Waals surface area contributed by atoms with Gasteiger partial charge in [-0.05, 0) is 19.1 Å². The number of pyridine rings is 1. The first-order valence-electron chi connectivity index (χ1n) is 6.71. The second kappa shape index (κ2) is 5.00. The predicted molar refractivity (Wildman–Crippen MR) is 74.8 cm³/mol. The fourth-order valence-corrected chi connectivity index (χ4v) is 2.61. The van der Waals surface area contributed by atoms with E-state index in [0.29, 0.717) is 12.4 Å². The molecule has 5 nitrogen and oxygen atoms in total. The molecule has 1 unspecified atom stereocenters. The zero-order valence-corrected chi connectivity index (χ0v) is 11.6. The number of amides is 1. The van der Waals surface area contributed by atoms with Gasteiger partial charge in [-0.3, -0.25) is 9.78 Å². The van der Waals surface area contributed by atoms with E-state index in [1.165, 1.54) is 0 Å². The van der Waals surface area contributed by atoms with E-state index >= 15 is 0 Å². The van der Waals surface area contributed by atoms with Crippen LogP contribution in [0.15, 0.2) is 30.6 Å². The van der Waals surface area contributed by atoms with Crippen LogP contribution in [0, 0.1) is 0 Å². The number of carbonyl (C=O) groups is 1. The number of rotatable bonds is 1. The number of fused-ring (bicyclic) bond motifs is 1. The Kier molecular flexibility index (Phi) is 3.18. The minimum atomic E-state index is 0.0361. The molecule has 20 heavy (non-hydrogen) atoms. The Balaban J connectivity index is 1.98. The van der Waals surface area contributed by atoms with Crippen LogP contribution in [-0.2, 0) is 11.2 Å². The monoisotopic (exact) mass is 268 g/mol. The summed E-state index contributed by atoms with van der Waals surface area (Å²) < 4.78 is 0. The summed E-state index contributed by atoms with van der Waals surface area (Å²) in [5.74, 6) is 0.741. The van der Waals surface area contributed by atoms with Crippen LogP contribution in [0.3, 0.4) is 0 Å². The normalized spacial score (nSPS) is 17.7. The van der Waals surface area contributed by atoms with Gasteiger partial charge in [-0.15, -0.1) is 0 Å². The van der Waals surface area contributed by atoms with Gasteiger partial charge in [0.15, 0.2) is 5.82 Å². The van der Waals surface area contributed by atoms with E-state index in [-0.39, 0.29) is 11.9 Å². The van der Waals surface area contributed by atoms with E-state index in [4.69, 9.17) is 0 Å². The molecular weight excluding hydrogens is 252 g/mol. The Hall–Kier alpha value is -2.30. The summed E-state index contributed by atoms with van der Waals surface area (Å²) >= 11 is 0. The summed E-state index contributed by atoms with van der Waals surface area (Å²) in [5, 5.41) is 0. The van der Waals surface area contributed by atoms with Gasteiger partial charge in [-0.25, -0.2) is 9.97 Å². The summed E-state index contributed by atoms with van der Waals surface area (Å²) in [4.78, 5) is 26.7. The molecule has 0 N–H and O–H groups in total. The van der Waals surface area contributed by atoms with Gasteiger partial charge in [0, 0.05) is 37.8 Å². The number of nitrogens with zero attached hydrogens (tertiary/aromatic N) is 4. The largest absolute Gasteiger partial charge is 0.336 e. The molecule has 3 rings (SSSR count). The Morgan fingerprint density at radius 1 is 1.35 bits per heavy atom. The number of hydrogen-bond acceptors (Lipinski definition) is 4. The highest BCUT2D eigenvalue weighted by molar-refractivity contribution is 5.74. The lowest BCUT2D eigenvalue weighted by molar-refractivity contribution is -0.131. The average Bonchev–Trinajstić information content (AvgIpc) is 2.48. The number of carbonyl (C=O) groups excluding carboxylic acids is 1. The van der Waals surface area contributed by atoms with Crippen molar-refractivity contribution in [3.63, 3.8) is 0 Å². The minimum Gasteiger partial charge on any atom is -0.336 e. The summed E-state index contributed by atoms with van der Waals surface area (Å²) in [6.07, 6.45) is 4.33. The Labute approximate surface area is 117 Å². The van der Waals surface area contributed by atoms with Crippen LogP contribution < -0.4 is 0 Å². The van der Waals surface area contributed by atoms with Gasteiger partial charge in [-0.2, -0.15) is 0 Å². The first-order valence-corrected chi connectivity index (χ1v) is 6.71. The zero-order chi connectivity index (χ0) is 14.1. The quantitative estimate of drug-likeness (QED) is 0.793. The third-order valence-corrected chi connectivity index (χ3v) is 3.71. The molecule has 0 saturated carbocycles. The van der Waals surface area contributed by atoms with E-state index in [0.717, 1.165) is 23.4 Å². The minimum absolute atomic E-state index is 0.0361. The van der Waals surface area contributed by atoms with Gasteiger partial charge in [0.2, 0.25) is 5.91 Å². The van der Waals surface area contributed by atoms with E-state index in [2.05, 4.69) is 15.0 Å². The highest BCUT2D eigenvalue weighted by atomic mass is 16.2. The van der Waals surface area contributed by atoms with Gasteiger partial charge >= 0.3 is 0 Å². The zero-order valence-electron chi connectivity index (χ0n) is 11.6. The smallest absolute Gasteiger partial charge is 0.219 e. The lowest BCUT2D eigenvalue weighted by atomic mass is 9.99. The molecule has 0 aliphatic carbocycles. The first kappa shape index (κ1) is 12.7. The van der Waals surface area contributed by atoms with Crippen molar-refractivity contribution in [1.29, 1.82) is 0 Å².